The second-order valence-corrected chi connectivity index (χ2v) is 6.51. The molecule has 0 spiro atoms. The van der Waals surface area contributed by atoms with E-state index >= 15 is 0 Å². The molecule has 0 fully saturated rings. The molecule has 1 aromatic heterocycles. The van der Waals surface area contributed by atoms with Crippen LogP contribution in [0.5, 0.6) is 0 Å². The van der Waals surface area contributed by atoms with Gasteiger partial charge in [0.05, 0.1) is 3.79 Å². The van der Waals surface area contributed by atoms with Gasteiger partial charge in [-0.1, -0.05) is 6.07 Å². The van der Waals surface area contributed by atoms with Crippen molar-refractivity contribution in [2.45, 2.75) is 6.54 Å². The molecule has 0 amide bonds. The standard InChI is InChI=1S/C11H8Br2FNS/c12-10-5-9(16-11(10)13)6-15-8-3-1-2-7(14)4-8/h1-5,15H,6H2. The second kappa shape index (κ2) is 5.29. The Morgan fingerprint density at radius 1 is 1.25 bits per heavy atom. The number of anilines is 1. The molecule has 0 unspecified atom stereocenters. The number of nitrogens with one attached hydrogen (secondary N) is 1. The fraction of sp³-hybridized carbons (Fsp3) is 0.0909. The molecule has 0 atom stereocenters. The number of halogens is 3. The van der Waals surface area contributed by atoms with Crippen molar-refractivity contribution in [3.63, 3.8) is 0 Å². The highest BCUT2D eigenvalue weighted by molar-refractivity contribution is 9.13. The van der Waals surface area contributed by atoms with Crippen molar-refractivity contribution in [3.05, 3.63) is 49.3 Å². The van der Waals surface area contributed by atoms with E-state index in [4.69, 9.17) is 0 Å². The van der Waals surface area contributed by atoms with E-state index in [1.807, 2.05) is 12.1 Å². The highest BCUT2D eigenvalue weighted by Gasteiger charge is 2.03. The molecule has 2 aromatic rings. The molecule has 84 valence electrons. The Hall–Kier alpha value is -0.390. The van der Waals surface area contributed by atoms with Gasteiger partial charge in [-0.05, 0) is 56.1 Å². The largest absolute Gasteiger partial charge is 0.380 e. The van der Waals surface area contributed by atoms with Crippen LogP contribution in [0.25, 0.3) is 0 Å². The molecule has 0 saturated carbocycles. The number of hydrogen-bond donors (Lipinski definition) is 1. The van der Waals surface area contributed by atoms with Gasteiger partial charge in [0.15, 0.2) is 0 Å². The van der Waals surface area contributed by atoms with Crippen molar-refractivity contribution < 1.29 is 4.39 Å². The van der Waals surface area contributed by atoms with E-state index in [-0.39, 0.29) is 5.82 Å². The molecule has 2 rings (SSSR count). The number of thiophene rings is 1. The SMILES string of the molecule is Fc1cccc(NCc2cc(Br)c(Br)s2)c1. The van der Waals surface area contributed by atoms with Gasteiger partial charge in [-0.15, -0.1) is 11.3 Å². The van der Waals surface area contributed by atoms with Crippen molar-refractivity contribution >= 4 is 48.9 Å². The molecule has 16 heavy (non-hydrogen) atoms. The fourth-order valence-electron chi connectivity index (χ4n) is 1.27. The summed E-state index contributed by atoms with van der Waals surface area (Å²) in [5, 5.41) is 3.17. The van der Waals surface area contributed by atoms with E-state index in [0.717, 1.165) is 13.9 Å². The first-order valence-electron chi connectivity index (χ1n) is 4.58. The molecule has 0 aliphatic rings. The van der Waals surface area contributed by atoms with Gasteiger partial charge >= 0.3 is 0 Å². The zero-order valence-corrected chi connectivity index (χ0v) is 12.1. The van der Waals surface area contributed by atoms with E-state index in [0.29, 0.717) is 6.54 Å². The van der Waals surface area contributed by atoms with Crippen molar-refractivity contribution in [2.75, 3.05) is 5.32 Å². The summed E-state index contributed by atoms with van der Waals surface area (Å²) in [6.07, 6.45) is 0. The Labute approximate surface area is 114 Å². The normalized spacial score (nSPS) is 10.4. The molecule has 1 N–H and O–H groups in total. The maximum Gasteiger partial charge on any atom is 0.125 e. The van der Waals surface area contributed by atoms with Gasteiger partial charge < -0.3 is 5.32 Å². The molecule has 1 heterocycles. The molecular weight excluding hydrogens is 357 g/mol. The predicted octanol–water partition coefficient (Wildman–Crippen LogP) is 5.02. The molecule has 1 nitrogen and oxygen atoms in total. The smallest absolute Gasteiger partial charge is 0.125 e. The summed E-state index contributed by atoms with van der Waals surface area (Å²) in [5.41, 5.74) is 0.792. The third kappa shape index (κ3) is 3.06. The zero-order valence-electron chi connectivity index (χ0n) is 8.14. The average molecular weight is 365 g/mol. The lowest BCUT2D eigenvalue weighted by Crippen LogP contribution is -1.97. The summed E-state index contributed by atoms with van der Waals surface area (Å²) < 4.78 is 15.0. The van der Waals surface area contributed by atoms with Crippen molar-refractivity contribution in [2.24, 2.45) is 0 Å². The number of hydrogen-bond acceptors (Lipinski definition) is 2. The summed E-state index contributed by atoms with van der Waals surface area (Å²) in [6, 6.07) is 8.50. The van der Waals surface area contributed by atoms with Crippen LogP contribution in [0, 0.1) is 5.82 Å². The lowest BCUT2D eigenvalue weighted by Gasteiger charge is -2.03. The fourth-order valence-corrected chi connectivity index (χ4v) is 3.38. The lowest BCUT2D eigenvalue weighted by molar-refractivity contribution is 0.628. The summed E-state index contributed by atoms with van der Waals surface area (Å²) in [5.74, 6) is -0.224. The third-order valence-electron chi connectivity index (χ3n) is 1.99. The van der Waals surface area contributed by atoms with E-state index in [9.17, 15) is 4.39 Å². The molecule has 5 heteroatoms. The van der Waals surface area contributed by atoms with Crippen LogP contribution in [0.4, 0.5) is 10.1 Å². The first-order valence-corrected chi connectivity index (χ1v) is 6.98. The van der Waals surface area contributed by atoms with Crippen LogP contribution >= 0.6 is 43.2 Å². The number of benzene rings is 1. The predicted molar refractivity (Wildman–Crippen MR) is 73.4 cm³/mol. The topological polar surface area (TPSA) is 12.0 Å². The van der Waals surface area contributed by atoms with Gasteiger partial charge in [0, 0.05) is 21.6 Å². The molecule has 0 aliphatic heterocycles. The molecule has 1 aromatic carbocycles. The third-order valence-corrected chi connectivity index (χ3v) is 5.24. The summed E-state index contributed by atoms with van der Waals surface area (Å²) in [7, 11) is 0. The monoisotopic (exact) mass is 363 g/mol. The van der Waals surface area contributed by atoms with Crippen LogP contribution in [-0.4, -0.2) is 0 Å². The summed E-state index contributed by atoms with van der Waals surface area (Å²) in [4.78, 5) is 1.18. The zero-order chi connectivity index (χ0) is 11.5. The van der Waals surface area contributed by atoms with Gasteiger partial charge in [-0.3, -0.25) is 0 Å². The van der Waals surface area contributed by atoms with Crippen LogP contribution in [0.15, 0.2) is 38.6 Å². The van der Waals surface area contributed by atoms with Gasteiger partial charge in [0.25, 0.3) is 0 Å². The lowest BCUT2D eigenvalue weighted by atomic mass is 10.3. The van der Waals surface area contributed by atoms with Crippen molar-refractivity contribution in [1.82, 2.24) is 0 Å². The van der Waals surface area contributed by atoms with E-state index in [1.54, 1.807) is 17.4 Å². The Kier molecular flexibility index (Phi) is 4.00. The Morgan fingerprint density at radius 3 is 2.69 bits per heavy atom. The molecule has 0 radical (unpaired) electrons. The van der Waals surface area contributed by atoms with Crippen LogP contribution in [-0.2, 0) is 6.54 Å². The van der Waals surface area contributed by atoms with Gasteiger partial charge in [-0.2, -0.15) is 0 Å². The molecule has 0 bridgehead atoms. The number of rotatable bonds is 3. The average Bonchev–Trinajstić information content (AvgIpc) is 2.56. The van der Waals surface area contributed by atoms with Crippen molar-refractivity contribution in [1.29, 1.82) is 0 Å². The van der Waals surface area contributed by atoms with E-state index in [2.05, 4.69) is 37.2 Å². The highest BCUT2D eigenvalue weighted by Crippen LogP contribution is 2.32. The summed E-state index contributed by atoms with van der Waals surface area (Å²) >= 11 is 8.52. The first kappa shape index (κ1) is 12.1. The Bertz CT molecular complexity index is 479. The maximum absolute atomic E-state index is 12.9. The second-order valence-electron chi connectivity index (χ2n) is 3.20. The minimum Gasteiger partial charge on any atom is -0.380 e. The maximum atomic E-state index is 12.9. The van der Waals surface area contributed by atoms with Crippen LogP contribution < -0.4 is 5.32 Å². The molecule has 0 aliphatic carbocycles. The Balaban J connectivity index is 2.02. The van der Waals surface area contributed by atoms with Gasteiger partial charge in [0.2, 0.25) is 0 Å². The van der Waals surface area contributed by atoms with Crippen molar-refractivity contribution in [3.8, 4) is 0 Å². The quantitative estimate of drug-likeness (QED) is 0.805. The minimum absolute atomic E-state index is 0.224. The molecule has 0 saturated heterocycles. The van der Waals surface area contributed by atoms with Gasteiger partial charge in [0.1, 0.15) is 5.82 Å². The highest BCUT2D eigenvalue weighted by atomic mass is 79.9. The van der Waals surface area contributed by atoms with Crippen LogP contribution in [0.1, 0.15) is 4.88 Å². The Morgan fingerprint density at radius 2 is 2.06 bits per heavy atom. The van der Waals surface area contributed by atoms with Crippen LogP contribution in [0.2, 0.25) is 0 Å². The molecular formula is C11H8Br2FNS. The summed E-state index contributed by atoms with van der Waals surface area (Å²) in [6.45, 7) is 0.693. The first-order chi connectivity index (χ1) is 7.65. The van der Waals surface area contributed by atoms with E-state index in [1.165, 1.54) is 17.0 Å². The minimum atomic E-state index is -0.224. The van der Waals surface area contributed by atoms with Crippen LogP contribution in [0.3, 0.4) is 0 Å². The van der Waals surface area contributed by atoms with E-state index < -0.39 is 0 Å². The van der Waals surface area contributed by atoms with Gasteiger partial charge in [-0.25, -0.2) is 4.39 Å².